The van der Waals surface area contributed by atoms with Gasteiger partial charge in [0.25, 0.3) is 0 Å². The van der Waals surface area contributed by atoms with Gasteiger partial charge in [-0.05, 0) is 51.8 Å². The van der Waals surface area contributed by atoms with Crippen LogP contribution in [0.3, 0.4) is 0 Å². The molecule has 1 unspecified atom stereocenters. The van der Waals surface area contributed by atoms with E-state index in [0.717, 1.165) is 19.4 Å². The van der Waals surface area contributed by atoms with Gasteiger partial charge in [-0.15, -0.1) is 0 Å². The van der Waals surface area contributed by atoms with Gasteiger partial charge in [-0.25, -0.2) is 9.80 Å². The molecular formula is C16H24ClN3O3. The Morgan fingerprint density at radius 1 is 1.43 bits per heavy atom. The highest BCUT2D eigenvalue weighted by Crippen LogP contribution is 2.28. The van der Waals surface area contributed by atoms with Crippen molar-refractivity contribution in [3.63, 3.8) is 0 Å². The van der Waals surface area contributed by atoms with E-state index in [1.165, 1.54) is 0 Å². The Morgan fingerprint density at radius 2 is 2.17 bits per heavy atom. The molecule has 0 spiro atoms. The SMILES string of the molecule is CC(C)(C)OC(=O)NN1CCCC(Oc2ccc(N)cc2Cl)C1. The smallest absolute Gasteiger partial charge is 0.422 e. The van der Waals surface area contributed by atoms with Gasteiger partial charge in [-0.2, -0.15) is 0 Å². The first-order chi connectivity index (χ1) is 10.7. The average Bonchev–Trinajstić information content (AvgIpc) is 2.40. The Labute approximate surface area is 141 Å². The molecule has 1 aromatic carbocycles. The number of nitrogens with two attached hydrogens (primary N) is 1. The van der Waals surface area contributed by atoms with Crippen LogP contribution in [0.5, 0.6) is 5.75 Å². The number of carbonyl (C=O) groups is 1. The van der Waals surface area contributed by atoms with Crippen LogP contribution < -0.4 is 15.9 Å². The molecule has 1 aliphatic heterocycles. The third kappa shape index (κ3) is 5.80. The van der Waals surface area contributed by atoms with E-state index in [4.69, 9.17) is 26.8 Å². The maximum absolute atomic E-state index is 11.8. The number of halogens is 1. The summed E-state index contributed by atoms with van der Waals surface area (Å²) in [5.74, 6) is 0.602. The van der Waals surface area contributed by atoms with Crippen LogP contribution in [0.25, 0.3) is 0 Å². The molecule has 2 rings (SSSR count). The number of piperidine rings is 1. The van der Waals surface area contributed by atoms with Crippen molar-refractivity contribution in [3.8, 4) is 5.75 Å². The van der Waals surface area contributed by atoms with E-state index in [1.54, 1.807) is 18.2 Å². The second-order valence-corrected chi connectivity index (χ2v) is 7.04. The van der Waals surface area contributed by atoms with Gasteiger partial charge in [0, 0.05) is 12.2 Å². The number of amides is 1. The van der Waals surface area contributed by atoms with Crippen molar-refractivity contribution in [2.75, 3.05) is 18.8 Å². The Balaban J connectivity index is 1.89. The number of benzene rings is 1. The molecule has 3 N–H and O–H groups in total. The number of carbonyl (C=O) groups excluding carboxylic acids is 1. The molecule has 0 bridgehead atoms. The molecule has 1 fully saturated rings. The molecule has 0 aromatic heterocycles. The van der Waals surface area contributed by atoms with Gasteiger partial charge in [-0.1, -0.05) is 11.6 Å². The minimum Gasteiger partial charge on any atom is -0.487 e. The number of hydrazine groups is 1. The fraction of sp³-hybridized carbons (Fsp3) is 0.562. The van der Waals surface area contributed by atoms with Crippen molar-refractivity contribution in [2.24, 2.45) is 0 Å². The molecule has 128 valence electrons. The van der Waals surface area contributed by atoms with Gasteiger partial charge in [0.05, 0.1) is 11.6 Å². The van der Waals surface area contributed by atoms with E-state index in [1.807, 2.05) is 25.8 Å². The first-order valence-corrected chi connectivity index (χ1v) is 8.07. The molecule has 1 amide bonds. The van der Waals surface area contributed by atoms with Crippen LogP contribution in [0.2, 0.25) is 5.02 Å². The van der Waals surface area contributed by atoms with Gasteiger partial charge >= 0.3 is 6.09 Å². The minimum atomic E-state index is -0.521. The molecule has 0 radical (unpaired) electrons. The summed E-state index contributed by atoms with van der Waals surface area (Å²) in [6.45, 7) is 6.82. The van der Waals surface area contributed by atoms with E-state index in [9.17, 15) is 4.79 Å². The molecule has 1 heterocycles. The van der Waals surface area contributed by atoms with Crippen LogP contribution >= 0.6 is 11.6 Å². The van der Waals surface area contributed by atoms with E-state index in [-0.39, 0.29) is 6.10 Å². The van der Waals surface area contributed by atoms with Crippen LogP contribution in [-0.4, -0.2) is 35.9 Å². The summed E-state index contributed by atoms with van der Waals surface area (Å²) in [7, 11) is 0. The highest BCUT2D eigenvalue weighted by molar-refractivity contribution is 6.32. The molecule has 1 atom stereocenters. The van der Waals surface area contributed by atoms with E-state index in [0.29, 0.717) is 23.0 Å². The lowest BCUT2D eigenvalue weighted by Crippen LogP contribution is -2.51. The number of anilines is 1. The quantitative estimate of drug-likeness (QED) is 0.825. The lowest BCUT2D eigenvalue weighted by molar-refractivity contribution is 0.0143. The van der Waals surface area contributed by atoms with Gasteiger partial charge in [0.2, 0.25) is 0 Å². The molecule has 0 aliphatic carbocycles. The Bertz CT molecular complexity index is 560. The molecule has 6 nitrogen and oxygen atoms in total. The first-order valence-electron chi connectivity index (χ1n) is 7.69. The van der Waals surface area contributed by atoms with E-state index >= 15 is 0 Å². The van der Waals surface area contributed by atoms with Crippen LogP contribution in [0, 0.1) is 0 Å². The number of ether oxygens (including phenoxy) is 2. The van der Waals surface area contributed by atoms with Gasteiger partial charge in [0.15, 0.2) is 0 Å². The standard InChI is InChI=1S/C16H24ClN3O3/c1-16(2,3)23-15(21)19-20-8-4-5-12(10-20)22-14-7-6-11(18)9-13(14)17/h6-7,9,12H,4-5,8,10,18H2,1-3H3,(H,19,21). The van der Waals surface area contributed by atoms with Crippen molar-refractivity contribution in [1.82, 2.24) is 10.4 Å². The summed E-state index contributed by atoms with van der Waals surface area (Å²) in [5, 5.41) is 2.30. The van der Waals surface area contributed by atoms with Crippen molar-refractivity contribution in [3.05, 3.63) is 23.2 Å². The molecule has 1 aromatic rings. The normalized spacial score (nSPS) is 19.2. The number of nitrogens with one attached hydrogen (secondary N) is 1. The predicted octanol–water partition coefficient (Wildman–Crippen LogP) is 3.21. The molecular weight excluding hydrogens is 318 g/mol. The molecule has 7 heteroatoms. The van der Waals surface area contributed by atoms with Crippen LogP contribution in [0.1, 0.15) is 33.6 Å². The third-order valence-electron chi connectivity index (χ3n) is 3.28. The average molecular weight is 342 g/mol. The minimum absolute atomic E-state index is 0.0557. The second kappa shape index (κ2) is 7.27. The summed E-state index contributed by atoms with van der Waals surface area (Å²) >= 11 is 6.13. The Morgan fingerprint density at radius 3 is 2.83 bits per heavy atom. The maximum atomic E-state index is 11.8. The van der Waals surface area contributed by atoms with Gasteiger partial charge in [0.1, 0.15) is 17.5 Å². The number of nitrogen functional groups attached to an aromatic ring is 1. The number of hydrogen-bond acceptors (Lipinski definition) is 5. The van der Waals surface area contributed by atoms with Crippen LogP contribution in [0.4, 0.5) is 10.5 Å². The lowest BCUT2D eigenvalue weighted by Gasteiger charge is -2.33. The first kappa shape index (κ1) is 17.7. The van der Waals surface area contributed by atoms with Crippen molar-refractivity contribution in [1.29, 1.82) is 0 Å². The van der Waals surface area contributed by atoms with Crippen LogP contribution in [0.15, 0.2) is 18.2 Å². The van der Waals surface area contributed by atoms with E-state index in [2.05, 4.69) is 5.43 Å². The molecule has 23 heavy (non-hydrogen) atoms. The lowest BCUT2D eigenvalue weighted by atomic mass is 10.1. The zero-order valence-corrected chi connectivity index (χ0v) is 14.5. The molecule has 1 saturated heterocycles. The zero-order chi connectivity index (χ0) is 17.0. The third-order valence-corrected chi connectivity index (χ3v) is 3.57. The van der Waals surface area contributed by atoms with Gasteiger partial charge < -0.3 is 15.2 Å². The summed E-state index contributed by atoms with van der Waals surface area (Å²) in [4.78, 5) is 11.8. The zero-order valence-electron chi connectivity index (χ0n) is 13.8. The second-order valence-electron chi connectivity index (χ2n) is 6.63. The Kier molecular flexibility index (Phi) is 5.59. The monoisotopic (exact) mass is 341 g/mol. The molecule has 1 aliphatic rings. The molecule has 0 saturated carbocycles. The summed E-state index contributed by atoms with van der Waals surface area (Å²) in [5.41, 5.74) is 8.51. The number of rotatable bonds is 3. The van der Waals surface area contributed by atoms with Crippen LogP contribution in [-0.2, 0) is 4.74 Å². The maximum Gasteiger partial charge on any atom is 0.422 e. The predicted molar refractivity (Wildman–Crippen MR) is 90.5 cm³/mol. The topological polar surface area (TPSA) is 76.8 Å². The fourth-order valence-corrected chi connectivity index (χ4v) is 2.59. The number of nitrogens with zero attached hydrogens (tertiary/aromatic N) is 1. The summed E-state index contributed by atoms with van der Waals surface area (Å²) < 4.78 is 11.2. The van der Waals surface area contributed by atoms with Crippen molar-refractivity contribution >= 4 is 23.4 Å². The van der Waals surface area contributed by atoms with E-state index < -0.39 is 11.7 Å². The van der Waals surface area contributed by atoms with Crippen molar-refractivity contribution < 1.29 is 14.3 Å². The Hall–Kier alpha value is -1.66. The highest BCUT2D eigenvalue weighted by atomic mass is 35.5. The fourth-order valence-electron chi connectivity index (χ4n) is 2.36. The van der Waals surface area contributed by atoms with Crippen molar-refractivity contribution in [2.45, 2.75) is 45.3 Å². The summed E-state index contributed by atoms with van der Waals surface area (Å²) in [6.07, 6.45) is 1.30. The van der Waals surface area contributed by atoms with Gasteiger partial charge in [-0.3, -0.25) is 5.43 Å². The number of hydrogen-bond donors (Lipinski definition) is 2. The largest absolute Gasteiger partial charge is 0.487 e. The highest BCUT2D eigenvalue weighted by Gasteiger charge is 2.25. The summed E-state index contributed by atoms with van der Waals surface area (Å²) in [6, 6.07) is 5.18.